The smallest absolute Gasteiger partial charge is 0.255 e. The molecule has 4 heteroatoms. The van der Waals surface area contributed by atoms with Gasteiger partial charge in [0.05, 0.1) is 18.2 Å². The highest BCUT2D eigenvalue weighted by atomic mass is 16.1. The zero-order valence-corrected chi connectivity index (χ0v) is 11.5. The average molecular weight is 265 g/mol. The van der Waals surface area contributed by atoms with Crippen molar-refractivity contribution < 1.29 is 4.79 Å². The third-order valence-electron chi connectivity index (χ3n) is 3.10. The minimum Gasteiger partial charge on any atom is -0.322 e. The van der Waals surface area contributed by atoms with Crippen LogP contribution in [0.2, 0.25) is 0 Å². The van der Waals surface area contributed by atoms with Crippen LogP contribution in [0.25, 0.3) is 0 Å². The molecule has 1 heterocycles. The van der Waals surface area contributed by atoms with Crippen molar-refractivity contribution in [2.75, 3.05) is 5.32 Å². The van der Waals surface area contributed by atoms with Crippen LogP contribution in [0.3, 0.4) is 0 Å². The van der Waals surface area contributed by atoms with Gasteiger partial charge in [-0.15, -0.1) is 0 Å². The van der Waals surface area contributed by atoms with Crippen molar-refractivity contribution >= 4 is 11.6 Å². The molecule has 0 saturated heterocycles. The first-order valence-electron chi connectivity index (χ1n) is 6.30. The number of nitriles is 1. The molecular weight excluding hydrogens is 250 g/mol. The standard InChI is InChI=1S/C16H15N3O/c1-11-3-4-15(9-12(11)2)19-16(20)13-6-8-18-14(10-13)5-7-17/h3-4,6,8-10H,5H2,1-2H3,(H,19,20). The fourth-order valence-corrected chi connectivity index (χ4v) is 1.82. The number of benzene rings is 1. The minimum atomic E-state index is -0.199. The molecule has 0 unspecified atom stereocenters. The molecular formula is C16H15N3O. The van der Waals surface area contributed by atoms with Crippen molar-refractivity contribution in [1.29, 1.82) is 5.26 Å². The van der Waals surface area contributed by atoms with Crippen molar-refractivity contribution in [3.05, 3.63) is 58.9 Å². The second-order valence-corrected chi connectivity index (χ2v) is 4.62. The lowest BCUT2D eigenvalue weighted by atomic mass is 10.1. The zero-order valence-electron chi connectivity index (χ0n) is 11.5. The van der Waals surface area contributed by atoms with E-state index in [1.807, 2.05) is 38.1 Å². The predicted molar refractivity (Wildman–Crippen MR) is 77.4 cm³/mol. The van der Waals surface area contributed by atoms with E-state index in [4.69, 9.17) is 5.26 Å². The van der Waals surface area contributed by atoms with Gasteiger partial charge < -0.3 is 5.32 Å². The summed E-state index contributed by atoms with van der Waals surface area (Å²) < 4.78 is 0. The number of aryl methyl sites for hydroxylation is 2. The zero-order chi connectivity index (χ0) is 14.5. The van der Waals surface area contributed by atoms with Crippen LogP contribution >= 0.6 is 0 Å². The average Bonchev–Trinajstić information content (AvgIpc) is 2.43. The van der Waals surface area contributed by atoms with Gasteiger partial charge in [0, 0.05) is 17.4 Å². The molecule has 0 saturated carbocycles. The molecule has 0 radical (unpaired) electrons. The van der Waals surface area contributed by atoms with Crippen molar-refractivity contribution in [2.24, 2.45) is 0 Å². The molecule has 1 aromatic heterocycles. The van der Waals surface area contributed by atoms with Gasteiger partial charge in [0.25, 0.3) is 5.91 Å². The highest BCUT2D eigenvalue weighted by molar-refractivity contribution is 6.04. The van der Waals surface area contributed by atoms with Crippen molar-refractivity contribution in [1.82, 2.24) is 4.98 Å². The van der Waals surface area contributed by atoms with Gasteiger partial charge >= 0.3 is 0 Å². The van der Waals surface area contributed by atoms with E-state index in [0.29, 0.717) is 11.3 Å². The summed E-state index contributed by atoms with van der Waals surface area (Å²) in [4.78, 5) is 16.2. The van der Waals surface area contributed by atoms with Crippen molar-refractivity contribution in [2.45, 2.75) is 20.3 Å². The first-order chi connectivity index (χ1) is 9.60. The Balaban J connectivity index is 2.17. The lowest BCUT2D eigenvalue weighted by Gasteiger charge is -2.08. The van der Waals surface area contributed by atoms with E-state index < -0.39 is 0 Å². The van der Waals surface area contributed by atoms with E-state index in [9.17, 15) is 4.79 Å². The van der Waals surface area contributed by atoms with Gasteiger partial charge in [0.1, 0.15) is 0 Å². The molecule has 0 spiro atoms. The Bertz CT molecular complexity index is 686. The summed E-state index contributed by atoms with van der Waals surface area (Å²) in [6, 6.07) is 11.1. The lowest BCUT2D eigenvalue weighted by Crippen LogP contribution is -2.12. The van der Waals surface area contributed by atoms with Crippen LogP contribution in [0, 0.1) is 25.2 Å². The van der Waals surface area contributed by atoms with E-state index in [1.54, 1.807) is 18.3 Å². The number of hydrogen-bond donors (Lipinski definition) is 1. The number of carbonyl (C=O) groups is 1. The van der Waals surface area contributed by atoms with E-state index in [1.165, 1.54) is 5.56 Å². The molecule has 0 aliphatic heterocycles. The largest absolute Gasteiger partial charge is 0.322 e. The lowest BCUT2D eigenvalue weighted by molar-refractivity contribution is 0.102. The van der Waals surface area contributed by atoms with Crippen LogP contribution < -0.4 is 5.32 Å². The van der Waals surface area contributed by atoms with E-state index in [-0.39, 0.29) is 12.3 Å². The fraction of sp³-hybridized carbons (Fsp3) is 0.188. The third kappa shape index (κ3) is 3.21. The first-order valence-corrected chi connectivity index (χ1v) is 6.30. The van der Waals surface area contributed by atoms with E-state index in [2.05, 4.69) is 10.3 Å². The van der Waals surface area contributed by atoms with E-state index in [0.717, 1.165) is 11.3 Å². The van der Waals surface area contributed by atoms with Crippen LogP contribution in [-0.4, -0.2) is 10.9 Å². The van der Waals surface area contributed by atoms with Gasteiger partial charge in [-0.1, -0.05) is 6.07 Å². The highest BCUT2D eigenvalue weighted by Crippen LogP contribution is 2.15. The van der Waals surface area contributed by atoms with Gasteiger partial charge in [-0.3, -0.25) is 9.78 Å². The van der Waals surface area contributed by atoms with Crippen LogP contribution in [0.4, 0.5) is 5.69 Å². The maximum Gasteiger partial charge on any atom is 0.255 e. The van der Waals surface area contributed by atoms with Gasteiger partial charge in [-0.25, -0.2) is 0 Å². The summed E-state index contributed by atoms with van der Waals surface area (Å²) >= 11 is 0. The quantitative estimate of drug-likeness (QED) is 0.927. The second kappa shape index (κ2) is 5.98. The molecule has 0 atom stereocenters. The number of carbonyl (C=O) groups excluding carboxylic acids is 1. The van der Waals surface area contributed by atoms with Gasteiger partial charge in [-0.05, 0) is 49.2 Å². The maximum atomic E-state index is 12.1. The predicted octanol–water partition coefficient (Wildman–Crippen LogP) is 3.02. The molecule has 1 aromatic carbocycles. The summed E-state index contributed by atoms with van der Waals surface area (Å²) in [5.74, 6) is -0.199. The number of hydrogen-bond acceptors (Lipinski definition) is 3. The number of nitrogens with zero attached hydrogens (tertiary/aromatic N) is 2. The topological polar surface area (TPSA) is 65.8 Å². The summed E-state index contributed by atoms with van der Waals surface area (Å²) in [5, 5.41) is 11.5. The Morgan fingerprint density at radius 3 is 2.75 bits per heavy atom. The SMILES string of the molecule is Cc1ccc(NC(=O)c2ccnc(CC#N)c2)cc1C. The molecule has 20 heavy (non-hydrogen) atoms. The van der Waals surface area contributed by atoms with Gasteiger partial charge in [0.15, 0.2) is 0 Å². The number of rotatable bonds is 3. The number of nitrogens with one attached hydrogen (secondary N) is 1. The molecule has 0 aliphatic rings. The number of anilines is 1. The Hall–Kier alpha value is -2.67. The maximum absolute atomic E-state index is 12.1. The van der Waals surface area contributed by atoms with Gasteiger partial charge in [0.2, 0.25) is 0 Å². The third-order valence-corrected chi connectivity index (χ3v) is 3.10. The Morgan fingerprint density at radius 1 is 1.25 bits per heavy atom. The number of pyridine rings is 1. The number of aromatic nitrogens is 1. The van der Waals surface area contributed by atoms with Crippen LogP contribution in [0.1, 0.15) is 27.2 Å². The molecule has 2 rings (SSSR count). The molecule has 100 valence electrons. The summed E-state index contributed by atoms with van der Waals surface area (Å²) in [7, 11) is 0. The molecule has 0 bridgehead atoms. The molecule has 2 aromatic rings. The number of amides is 1. The first kappa shape index (κ1) is 13.8. The minimum absolute atomic E-state index is 0.199. The summed E-state index contributed by atoms with van der Waals surface area (Å²) in [6.45, 7) is 4.03. The van der Waals surface area contributed by atoms with Crippen molar-refractivity contribution in [3.8, 4) is 6.07 Å². The van der Waals surface area contributed by atoms with Crippen LogP contribution in [0.15, 0.2) is 36.5 Å². The normalized spacial score (nSPS) is 9.85. The Kier molecular flexibility index (Phi) is 4.11. The van der Waals surface area contributed by atoms with E-state index >= 15 is 0 Å². The molecule has 1 N–H and O–H groups in total. The molecule has 0 fully saturated rings. The summed E-state index contributed by atoms with van der Waals surface area (Å²) in [6.07, 6.45) is 1.74. The molecule has 4 nitrogen and oxygen atoms in total. The Morgan fingerprint density at radius 2 is 2.05 bits per heavy atom. The Labute approximate surface area is 118 Å². The van der Waals surface area contributed by atoms with Crippen LogP contribution in [-0.2, 0) is 6.42 Å². The molecule has 1 amide bonds. The van der Waals surface area contributed by atoms with Crippen molar-refractivity contribution in [3.63, 3.8) is 0 Å². The fourth-order valence-electron chi connectivity index (χ4n) is 1.82. The van der Waals surface area contributed by atoms with Crippen LogP contribution in [0.5, 0.6) is 0 Å². The monoisotopic (exact) mass is 265 g/mol. The second-order valence-electron chi connectivity index (χ2n) is 4.62. The summed E-state index contributed by atoms with van der Waals surface area (Å²) in [5.41, 5.74) is 4.17. The molecule has 0 aliphatic carbocycles. The highest BCUT2D eigenvalue weighted by Gasteiger charge is 2.08. The van der Waals surface area contributed by atoms with Gasteiger partial charge in [-0.2, -0.15) is 5.26 Å².